The van der Waals surface area contributed by atoms with Crippen LogP contribution in [-0.2, 0) is 33.2 Å². The number of unbranched alkanes of at least 4 members (excludes halogenated alkanes) is 14. The van der Waals surface area contributed by atoms with Gasteiger partial charge in [0.2, 0.25) is 5.91 Å². The van der Waals surface area contributed by atoms with Crippen molar-refractivity contribution in [2.24, 2.45) is 0 Å². The van der Waals surface area contributed by atoms with Gasteiger partial charge in [0.1, 0.15) is 73.2 Å². The van der Waals surface area contributed by atoms with Crippen molar-refractivity contribution in [3.05, 3.63) is 97.2 Å². The predicted octanol–water partition coefficient (Wildman–Crippen LogP) is 6.15. The second-order valence-corrected chi connectivity index (χ2v) is 21.8. The summed E-state index contributed by atoms with van der Waals surface area (Å²) in [6.07, 6.45) is 31.0. The molecular weight excluding hydrogens is 1070 g/mol. The van der Waals surface area contributed by atoms with Crippen LogP contribution in [0, 0.1) is 0 Å². The number of hydrogen-bond acceptors (Lipinski definition) is 18. The molecule has 83 heavy (non-hydrogen) atoms. The van der Waals surface area contributed by atoms with Crippen molar-refractivity contribution in [3.63, 3.8) is 0 Å². The molecule has 0 bridgehead atoms. The largest absolute Gasteiger partial charge is 0.394 e. The number of carbonyl (C=O) groups excluding carboxylic acids is 1. The van der Waals surface area contributed by atoms with Gasteiger partial charge in [-0.25, -0.2) is 0 Å². The van der Waals surface area contributed by atoms with E-state index in [1.54, 1.807) is 6.08 Å². The van der Waals surface area contributed by atoms with Crippen molar-refractivity contribution >= 4 is 5.91 Å². The van der Waals surface area contributed by atoms with Crippen LogP contribution in [0.25, 0.3) is 0 Å². The molecule has 476 valence electrons. The molecule has 17 unspecified atom stereocenters. The maximum atomic E-state index is 13.3. The molecule has 0 radical (unpaired) electrons. The lowest BCUT2D eigenvalue weighted by Gasteiger charge is -2.48. The first-order valence-electron chi connectivity index (χ1n) is 31.0. The van der Waals surface area contributed by atoms with E-state index in [0.29, 0.717) is 6.42 Å². The normalized spacial score (nSPS) is 30.1. The minimum absolute atomic E-state index is 0.197. The third kappa shape index (κ3) is 29.3. The molecule has 1 amide bonds. The predicted molar refractivity (Wildman–Crippen MR) is 318 cm³/mol. The number of carbonyl (C=O) groups is 1. The minimum Gasteiger partial charge on any atom is -0.394 e. The average molecular weight is 1180 g/mol. The number of rotatable bonds is 44. The van der Waals surface area contributed by atoms with E-state index in [2.05, 4.69) is 104 Å². The Morgan fingerprint density at radius 1 is 0.446 bits per heavy atom. The number of nitrogens with one attached hydrogen (secondary N) is 1. The third-order valence-electron chi connectivity index (χ3n) is 14.9. The first kappa shape index (κ1) is 74.0. The molecule has 19 heteroatoms. The van der Waals surface area contributed by atoms with Crippen molar-refractivity contribution in [2.75, 3.05) is 26.4 Å². The SMILES string of the molecule is CC/C=C\C/C=C\C/C=C\C/C=C\C/C=C\C/C=C\C/C=C\CCCCCC(=O)NC(COC1OC(CO)C(OC2OC(CO)C(OC3OC(CO)C(O)C(O)C3O)C(O)C2O)C(O)C1O)C(O)/C=C/CCCCCCCCCCCCC. The first-order chi connectivity index (χ1) is 40.3. The summed E-state index contributed by atoms with van der Waals surface area (Å²) < 4.78 is 34.2. The molecule has 12 N–H and O–H groups in total. The smallest absolute Gasteiger partial charge is 0.220 e. The number of allylic oxidation sites excluding steroid dienone is 15. The lowest BCUT2D eigenvalue weighted by atomic mass is 9.96. The van der Waals surface area contributed by atoms with Crippen LogP contribution in [0.4, 0.5) is 0 Å². The lowest BCUT2D eigenvalue weighted by Crippen LogP contribution is -2.66. The highest BCUT2D eigenvalue weighted by molar-refractivity contribution is 5.76. The number of amides is 1. The Morgan fingerprint density at radius 2 is 0.831 bits per heavy atom. The molecule has 3 rings (SSSR count). The molecule has 0 aliphatic carbocycles. The zero-order valence-electron chi connectivity index (χ0n) is 49.6. The summed E-state index contributed by atoms with van der Waals surface area (Å²) in [5.41, 5.74) is 0. The molecule has 17 atom stereocenters. The maximum Gasteiger partial charge on any atom is 0.220 e. The van der Waals surface area contributed by atoms with Crippen LogP contribution in [0.5, 0.6) is 0 Å². The fourth-order valence-electron chi connectivity index (χ4n) is 9.82. The van der Waals surface area contributed by atoms with Crippen molar-refractivity contribution in [3.8, 4) is 0 Å². The van der Waals surface area contributed by atoms with Crippen molar-refractivity contribution in [1.82, 2.24) is 5.32 Å². The number of ether oxygens (including phenoxy) is 6. The number of aliphatic hydroxyl groups is 11. The lowest BCUT2D eigenvalue weighted by molar-refractivity contribution is -0.379. The Balaban J connectivity index is 1.48. The summed E-state index contributed by atoms with van der Waals surface area (Å²) in [6, 6.07) is -0.997. The second-order valence-electron chi connectivity index (χ2n) is 21.8. The molecule has 3 aliphatic heterocycles. The van der Waals surface area contributed by atoms with Gasteiger partial charge in [-0.3, -0.25) is 4.79 Å². The van der Waals surface area contributed by atoms with Crippen LogP contribution in [0.15, 0.2) is 97.2 Å². The fourth-order valence-corrected chi connectivity index (χ4v) is 9.82. The van der Waals surface area contributed by atoms with Crippen molar-refractivity contribution in [2.45, 2.75) is 272 Å². The highest BCUT2D eigenvalue weighted by Crippen LogP contribution is 2.33. The summed E-state index contributed by atoms with van der Waals surface area (Å²) in [5.74, 6) is -0.313. The third-order valence-corrected chi connectivity index (χ3v) is 14.9. The summed E-state index contributed by atoms with van der Waals surface area (Å²) in [4.78, 5) is 13.3. The van der Waals surface area contributed by atoms with Crippen LogP contribution in [0.1, 0.15) is 168 Å². The van der Waals surface area contributed by atoms with Crippen molar-refractivity contribution in [1.29, 1.82) is 0 Å². The molecule has 3 saturated heterocycles. The highest BCUT2D eigenvalue weighted by atomic mass is 16.8. The molecule has 19 nitrogen and oxygen atoms in total. The highest BCUT2D eigenvalue weighted by Gasteiger charge is 2.53. The quantitative estimate of drug-likeness (QED) is 0.0241. The molecule has 0 aromatic heterocycles. The van der Waals surface area contributed by atoms with Gasteiger partial charge in [0, 0.05) is 6.42 Å². The van der Waals surface area contributed by atoms with Gasteiger partial charge < -0.3 is 89.9 Å². The summed E-state index contributed by atoms with van der Waals surface area (Å²) >= 11 is 0. The molecule has 0 saturated carbocycles. The van der Waals surface area contributed by atoms with E-state index in [-0.39, 0.29) is 18.9 Å². The molecule has 3 fully saturated rings. The number of aliphatic hydroxyl groups excluding tert-OH is 11. The van der Waals surface area contributed by atoms with E-state index in [9.17, 15) is 61.0 Å². The van der Waals surface area contributed by atoms with Crippen molar-refractivity contribution < 1.29 is 89.4 Å². The van der Waals surface area contributed by atoms with Crippen LogP contribution >= 0.6 is 0 Å². The zero-order chi connectivity index (χ0) is 60.5. The number of hydrogen-bond donors (Lipinski definition) is 12. The summed E-state index contributed by atoms with van der Waals surface area (Å²) in [6.45, 7) is 1.55. The molecule has 3 heterocycles. The van der Waals surface area contributed by atoms with Gasteiger partial charge >= 0.3 is 0 Å². The van der Waals surface area contributed by atoms with E-state index >= 15 is 0 Å². The summed E-state index contributed by atoms with van der Waals surface area (Å²) in [5, 5.41) is 120. The Kier molecular flexibility index (Phi) is 40.9. The average Bonchev–Trinajstić information content (AvgIpc) is 3.57. The van der Waals surface area contributed by atoms with Gasteiger partial charge in [0.25, 0.3) is 0 Å². The Morgan fingerprint density at radius 3 is 1.30 bits per heavy atom. The van der Waals surface area contributed by atoms with Gasteiger partial charge in [-0.05, 0) is 77.0 Å². The van der Waals surface area contributed by atoms with Crippen LogP contribution in [-0.4, -0.2) is 193 Å². The monoisotopic (exact) mass is 1180 g/mol. The van der Waals surface area contributed by atoms with Crippen LogP contribution < -0.4 is 5.32 Å². The Labute approximate surface area is 494 Å². The van der Waals surface area contributed by atoms with E-state index in [1.807, 2.05) is 6.08 Å². The van der Waals surface area contributed by atoms with Gasteiger partial charge in [-0.15, -0.1) is 0 Å². The molecule has 0 aromatic rings. The first-order valence-corrected chi connectivity index (χ1v) is 31.0. The van der Waals surface area contributed by atoms with Crippen LogP contribution in [0.2, 0.25) is 0 Å². The van der Waals surface area contributed by atoms with Gasteiger partial charge in [-0.1, -0.05) is 182 Å². The summed E-state index contributed by atoms with van der Waals surface area (Å²) in [7, 11) is 0. The Hall–Kier alpha value is -3.29. The van der Waals surface area contributed by atoms with E-state index < -0.39 is 124 Å². The van der Waals surface area contributed by atoms with Gasteiger partial charge in [0.15, 0.2) is 18.9 Å². The molecule has 0 spiro atoms. The van der Waals surface area contributed by atoms with E-state index in [4.69, 9.17) is 28.4 Å². The minimum atomic E-state index is -1.99. The van der Waals surface area contributed by atoms with Crippen LogP contribution in [0.3, 0.4) is 0 Å². The topological polar surface area (TPSA) is 307 Å². The fraction of sp³-hybridized carbons (Fsp3) is 0.734. The van der Waals surface area contributed by atoms with E-state index in [0.717, 1.165) is 89.9 Å². The molecular formula is C64H107NO18. The molecule has 3 aliphatic rings. The van der Waals surface area contributed by atoms with Gasteiger partial charge in [0.05, 0.1) is 38.6 Å². The second kappa shape index (κ2) is 45.9. The Bertz CT molecular complexity index is 1890. The zero-order valence-corrected chi connectivity index (χ0v) is 49.6. The molecule has 0 aromatic carbocycles. The maximum absolute atomic E-state index is 13.3. The van der Waals surface area contributed by atoms with E-state index in [1.165, 1.54) is 51.4 Å². The standard InChI is InChI=1S/C64H107NO18/c1-3-5-7-9-11-13-15-17-18-19-20-21-22-23-24-25-26-27-28-30-32-34-36-38-40-42-52(70)65-47(48(69)41-39-37-35-33-31-29-16-14-12-10-8-6-4-2)46-78-62-58(76)55(73)60(50(44-67)80-62)83-64-59(77)56(74)61(51(45-68)81-64)82-63-57(75)54(72)53(71)49(43-66)79-63/h5,7,11,13,17-18,20-21,23-24,26-27,30,32,39,41,47-51,53-64,66-69,71-77H,3-4,6,8-10,12,14-16,19,22,25,28-29,31,33-38,40,42-46H2,1-2H3,(H,65,70)/b7-5-,13-11-,18-17-,21-20-,24-23-,27-26-,32-30-,41-39+. The van der Waals surface area contributed by atoms with Gasteiger partial charge in [-0.2, -0.15) is 0 Å².